The van der Waals surface area contributed by atoms with Crippen LogP contribution in [0, 0.1) is 0 Å². The number of halogens is 1. The second kappa shape index (κ2) is 7.43. The van der Waals surface area contributed by atoms with Gasteiger partial charge in [-0.3, -0.25) is 9.69 Å². The summed E-state index contributed by atoms with van der Waals surface area (Å²) in [5, 5.41) is 14.3. The van der Waals surface area contributed by atoms with E-state index in [4.69, 9.17) is 11.6 Å². The summed E-state index contributed by atoms with van der Waals surface area (Å²) < 4.78 is 0. The van der Waals surface area contributed by atoms with E-state index in [-0.39, 0.29) is 18.0 Å². The summed E-state index contributed by atoms with van der Waals surface area (Å²) in [4.78, 5) is 29.3. The number of nitrogens with one attached hydrogen (secondary N) is 2. The second-order valence-electron chi connectivity index (χ2n) is 8.17. The van der Waals surface area contributed by atoms with Gasteiger partial charge in [0.1, 0.15) is 5.69 Å². The number of carboxylic acid groups (broad SMARTS) is 1. The number of H-pyrrole nitrogens is 1. The van der Waals surface area contributed by atoms with Crippen molar-refractivity contribution in [1.29, 1.82) is 0 Å². The van der Waals surface area contributed by atoms with E-state index in [9.17, 15) is 14.7 Å². The van der Waals surface area contributed by atoms with E-state index in [1.807, 2.05) is 26.8 Å². The maximum atomic E-state index is 12.8. The van der Waals surface area contributed by atoms with Crippen LogP contribution in [0.3, 0.4) is 0 Å². The lowest BCUT2D eigenvalue weighted by Gasteiger charge is -2.45. The number of aromatic nitrogens is 1. The van der Waals surface area contributed by atoms with Gasteiger partial charge in [0.05, 0.1) is 6.04 Å². The Hall–Kier alpha value is -2.21. The van der Waals surface area contributed by atoms with Gasteiger partial charge >= 0.3 is 6.09 Å². The number of fused-ring (bicyclic) bond motifs is 1. The Labute approximate surface area is 163 Å². The first-order valence-electron chi connectivity index (χ1n) is 9.28. The third-order valence-corrected chi connectivity index (χ3v) is 5.37. The average molecular weight is 392 g/mol. The Morgan fingerprint density at radius 3 is 2.59 bits per heavy atom. The predicted octanol–water partition coefficient (Wildman–Crippen LogP) is 4.64. The molecular formula is C20H26ClN3O3. The molecule has 1 aliphatic rings. The van der Waals surface area contributed by atoms with Crippen LogP contribution in [0.15, 0.2) is 24.3 Å². The van der Waals surface area contributed by atoms with Crippen molar-refractivity contribution in [2.75, 3.05) is 0 Å². The van der Waals surface area contributed by atoms with Crippen molar-refractivity contribution in [3.8, 4) is 0 Å². The van der Waals surface area contributed by atoms with Crippen molar-refractivity contribution in [2.24, 2.45) is 0 Å². The molecule has 0 aliphatic heterocycles. The third kappa shape index (κ3) is 4.21. The molecule has 1 saturated carbocycles. The van der Waals surface area contributed by atoms with Gasteiger partial charge in [-0.05, 0) is 57.9 Å². The molecule has 3 N–H and O–H groups in total. The lowest BCUT2D eigenvalue weighted by Crippen LogP contribution is -2.60. The molecule has 1 fully saturated rings. The first-order valence-corrected chi connectivity index (χ1v) is 9.66. The van der Waals surface area contributed by atoms with Gasteiger partial charge in [-0.1, -0.05) is 24.4 Å². The van der Waals surface area contributed by atoms with Gasteiger partial charge in [0, 0.05) is 27.5 Å². The molecule has 2 atom stereocenters. The molecule has 1 heterocycles. The SMILES string of the molecule is CC(C)(C)N(C(=O)O)[C@@H]1CCCC[C@H]1NC(=O)c1cc2cc(Cl)ccc2[nH]1. The summed E-state index contributed by atoms with van der Waals surface area (Å²) >= 11 is 6.01. The number of rotatable bonds is 3. The van der Waals surface area contributed by atoms with Gasteiger partial charge in [0.15, 0.2) is 0 Å². The Bertz CT molecular complexity index is 856. The molecular weight excluding hydrogens is 366 g/mol. The smallest absolute Gasteiger partial charge is 0.408 e. The number of carbonyl (C=O) groups is 2. The second-order valence-corrected chi connectivity index (χ2v) is 8.61. The van der Waals surface area contributed by atoms with Crippen LogP contribution in [0.4, 0.5) is 4.79 Å². The van der Waals surface area contributed by atoms with Crippen LogP contribution >= 0.6 is 11.6 Å². The average Bonchev–Trinajstić information content (AvgIpc) is 2.98. The van der Waals surface area contributed by atoms with E-state index in [1.54, 1.807) is 18.2 Å². The molecule has 1 aromatic carbocycles. The summed E-state index contributed by atoms with van der Waals surface area (Å²) in [7, 11) is 0. The Kier molecular flexibility index (Phi) is 5.38. The summed E-state index contributed by atoms with van der Waals surface area (Å²) in [5.41, 5.74) is 0.759. The van der Waals surface area contributed by atoms with E-state index < -0.39 is 11.6 Å². The number of aromatic amines is 1. The van der Waals surface area contributed by atoms with Crippen molar-refractivity contribution in [3.63, 3.8) is 0 Å². The van der Waals surface area contributed by atoms with E-state index in [0.717, 1.165) is 36.6 Å². The van der Waals surface area contributed by atoms with Crippen molar-refractivity contribution in [1.82, 2.24) is 15.2 Å². The molecule has 0 saturated heterocycles. The highest BCUT2D eigenvalue weighted by Gasteiger charge is 2.39. The third-order valence-electron chi connectivity index (χ3n) is 5.13. The first-order chi connectivity index (χ1) is 12.7. The van der Waals surface area contributed by atoms with Crippen molar-refractivity contribution < 1.29 is 14.7 Å². The normalized spacial score (nSPS) is 20.4. The maximum absolute atomic E-state index is 12.8. The topological polar surface area (TPSA) is 85.4 Å². The van der Waals surface area contributed by atoms with Crippen LogP contribution in [0.5, 0.6) is 0 Å². The van der Waals surface area contributed by atoms with Crippen molar-refractivity contribution >= 4 is 34.5 Å². The molecule has 146 valence electrons. The van der Waals surface area contributed by atoms with Crippen LogP contribution in [0.25, 0.3) is 10.9 Å². The van der Waals surface area contributed by atoms with Gasteiger partial charge < -0.3 is 15.4 Å². The minimum Gasteiger partial charge on any atom is -0.465 e. The van der Waals surface area contributed by atoms with Gasteiger partial charge in [-0.15, -0.1) is 0 Å². The molecule has 7 heteroatoms. The molecule has 2 aromatic rings. The van der Waals surface area contributed by atoms with Crippen LogP contribution in [-0.2, 0) is 0 Å². The van der Waals surface area contributed by atoms with E-state index in [0.29, 0.717) is 10.7 Å². The fraction of sp³-hybridized carbons (Fsp3) is 0.500. The Morgan fingerprint density at radius 2 is 1.93 bits per heavy atom. The van der Waals surface area contributed by atoms with Crippen molar-refractivity contribution in [2.45, 2.75) is 64.1 Å². The first kappa shape index (κ1) is 19.5. The molecule has 3 rings (SSSR count). The Balaban J connectivity index is 1.82. The van der Waals surface area contributed by atoms with E-state index in [2.05, 4.69) is 10.3 Å². The lowest BCUT2D eigenvalue weighted by molar-refractivity contribution is 0.0405. The maximum Gasteiger partial charge on any atom is 0.408 e. The van der Waals surface area contributed by atoms with Gasteiger partial charge in [-0.2, -0.15) is 0 Å². The van der Waals surface area contributed by atoms with Crippen molar-refractivity contribution in [3.05, 3.63) is 35.0 Å². The minimum atomic E-state index is -0.950. The van der Waals surface area contributed by atoms with Gasteiger partial charge in [-0.25, -0.2) is 4.79 Å². The number of benzene rings is 1. The van der Waals surface area contributed by atoms with Crippen LogP contribution in [-0.4, -0.2) is 44.6 Å². The van der Waals surface area contributed by atoms with Gasteiger partial charge in [0.2, 0.25) is 0 Å². The Morgan fingerprint density at radius 1 is 1.22 bits per heavy atom. The predicted molar refractivity (Wildman–Crippen MR) is 106 cm³/mol. The van der Waals surface area contributed by atoms with Crippen LogP contribution < -0.4 is 5.32 Å². The van der Waals surface area contributed by atoms with Crippen LogP contribution in [0.2, 0.25) is 5.02 Å². The fourth-order valence-corrected chi connectivity index (χ4v) is 4.17. The summed E-state index contributed by atoms with van der Waals surface area (Å²) in [6.07, 6.45) is 2.50. The molecule has 0 bridgehead atoms. The summed E-state index contributed by atoms with van der Waals surface area (Å²) in [5.74, 6) is -0.224. The highest BCUT2D eigenvalue weighted by Crippen LogP contribution is 2.29. The molecule has 1 aliphatic carbocycles. The molecule has 0 unspecified atom stereocenters. The highest BCUT2D eigenvalue weighted by atomic mass is 35.5. The number of hydrogen-bond acceptors (Lipinski definition) is 2. The molecule has 27 heavy (non-hydrogen) atoms. The molecule has 1 aromatic heterocycles. The number of nitrogens with zero attached hydrogens (tertiary/aromatic N) is 1. The lowest BCUT2D eigenvalue weighted by atomic mass is 9.86. The van der Waals surface area contributed by atoms with E-state index in [1.165, 1.54) is 4.90 Å². The number of amides is 2. The number of carbonyl (C=O) groups excluding carboxylic acids is 1. The summed E-state index contributed by atoms with van der Waals surface area (Å²) in [6.45, 7) is 5.65. The zero-order chi connectivity index (χ0) is 19.8. The zero-order valence-corrected chi connectivity index (χ0v) is 16.6. The van der Waals surface area contributed by atoms with Crippen LogP contribution in [0.1, 0.15) is 56.9 Å². The summed E-state index contributed by atoms with van der Waals surface area (Å²) in [6, 6.07) is 6.74. The largest absolute Gasteiger partial charge is 0.465 e. The number of hydrogen-bond donors (Lipinski definition) is 3. The zero-order valence-electron chi connectivity index (χ0n) is 15.9. The van der Waals surface area contributed by atoms with E-state index >= 15 is 0 Å². The quantitative estimate of drug-likeness (QED) is 0.712. The fourth-order valence-electron chi connectivity index (χ4n) is 3.99. The molecule has 2 amide bonds. The highest BCUT2D eigenvalue weighted by molar-refractivity contribution is 6.31. The minimum absolute atomic E-state index is 0.212. The standard InChI is InChI=1S/C20H26ClN3O3/c1-20(2,3)24(19(26)27)17-7-5-4-6-15(17)23-18(25)16-11-12-10-13(21)8-9-14(12)22-16/h8-11,15,17,22H,4-7H2,1-3H3,(H,23,25)(H,26,27)/t15-,17-/m1/s1. The molecule has 0 spiro atoms. The molecule has 6 nitrogen and oxygen atoms in total. The monoisotopic (exact) mass is 391 g/mol. The molecule has 0 radical (unpaired) electrons. The van der Waals surface area contributed by atoms with Gasteiger partial charge in [0.25, 0.3) is 5.91 Å².